The van der Waals surface area contributed by atoms with Crippen molar-refractivity contribution >= 4 is 5.97 Å². The summed E-state index contributed by atoms with van der Waals surface area (Å²) in [6.45, 7) is 6.97. The van der Waals surface area contributed by atoms with E-state index in [4.69, 9.17) is 15.2 Å². The molecule has 0 aromatic carbocycles. The Balaban J connectivity index is 3.50. The van der Waals surface area contributed by atoms with Crippen LogP contribution in [0.4, 0.5) is 0 Å². The summed E-state index contributed by atoms with van der Waals surface area (Å²) in [6.07, 6.45) is 3.21. The molecule has 0 fully saturated rings. The minimum Gasteiger partial charge on any atom is -0.463 e. The number of hydrogen-bond acceptors (Lipinski definition) is 4. The second-order valence-corrected chi connectivity index (χ2v) is 4.10. The predicted molar refractivity (Wildman–Crippen MR) is 64.2 cm³/mol. The van der Waals surface area contributed by atoms with Crippen molar-refractivity contribution in [2.45, 2.75) is 58.7 Å². The van der Waals surface area contributed by atoms with E-state index < -0.39 is 0 Å². The number of carbonyl (C=O) groups is 1. The van der Waals surface area contributed by atoms with Gasteiger partial charge in [-0.1, -0.05) is 13.3 Å². The number of hydrogen-bond donors (Lipinski definition) is 1. The van der Waals surface area contributed by atoms with Crippen LogP contribution in [-0.4, -0.2) is 31.3 Å². The van der Waals surface area contributed by atoms with Crippen molar-refractivity contribution in [1.29, 1.82) is 0 Å². The summed E-state index contributed by atoms with van der Waals surface area (Å²) in [4.78, 5) is 11.3. The number of rotatable bonds is 9. The van der Waals surface area contributed by atoms with E-state index >= 15 is 0 Å². The fourth-order valence-electron chi connectivity index (χ4n) is 1.41. The maximum atomic E-state index is 11.3. The van der Waals surface area contributed by atoms with Crippen LogP contribution in [0.15, 0.2) is 0 Å². The van der Waals surface area contributed by atoms with E-state index in [9.17, 15) is 4.79 Å². The summed E-state index contributed by atoms with van der Waals surface area (Å²) in [5, 5.41) is 0. The highest BCUT2D eigenvalue weighted by molar-refractivity contribution is 5.69. The molecule has 0 amide bonds. The Morgan fingerprint density at radius 3 is 2.50 bits per heavy atom. The highest BCUT2D eigenvalue weighted by Gasteiger charge is 2.09. The molecule has 2 atom stereocenters. The first-order chi connectivity index (χ1) is 7.60. The van der Waals surface area contributed by atoms with E-state index in [1.54, 1.807) is 0 Å². The smallest absolute Gasteiger partial charge is 0.308 e. The molecule has 0 saturated carbocycles. The lowest BCUT2D eigenvalue weighted by Crippen LogP contribution is -2.19. The van der Waals surface area contributed by atoms with Crippen molar-refractivity contribution in [2.75, 3.05) is 13.2 Å². The van der Waals surface area contributed by atoms with E-state index in [1.165, 1.54) is 0 Å². The maximum absolute atomic E-state index is 11.3. The topological polar surface area (TPSA) is 61.5 Å². The summed E-state index contributed by atoms with van der Waals surface area (Å²) in [5.74, 6) is -0.180. The summed E-state index contributed by atoms with van der Waals surface area (Å²) < 4.78 is 10.6. The van der Waals surface area contributed by atoms with Gasteiger partial charge in [0.15, 0.2) is 0 Å². The molecule has 0 saturated heterocycles. The van der Waals surface area contributed by atoms with Gasteiger partial charge in [-0.25, -0.2) is 0 Å². The van der Waals surface area contributed by atoms with E-state index in [1.807, 2.05) is 13.8 Å². The first kappa shape index (κ1) is 15.4. The van der Waals surface area contributed by atoms with E-state index in [0.717, 1.165) is 19.3 Å². The van der Waals surface area contributed by atoms with Gasteiger partial charge in [0.25, 0.3) is 0 Å². The quantitative estimate of drug-likeness (QED) is 0.615. The van der Waals surface area contributed by atoms with Crippen LogP contribution >= 0.6 is 0 Å². The van der Waals surface area contributed by atoms with Gasteiger partial charge < -0.3 is 15.2 Å². The largest absolute Gasteiger partial charge is 0.463 e. The number of ether oxygens (including phenoxy) is 2. The zero-order valence-electron chi connectivity index (χ0n) is 10.7. The first-order valence-electron chi connectivity index (χ1n) is 6.11. The average Bonchev–Trinajstić information content (AvgIpc) is 2.18. The Hall–Kier alpha value is -0.610. The van der Waals surface area contributed by atoms with Crippen molar-refractivity contribution in [2.24, 2.45) is 5.73 Å². The minimum absolute atomic E-state index is 0.0129. The molecule has 0 rings (SSSR count). The monoisotopic (exact) mass is 231 g/mol. The molecular weight excluding hydrogens is 206 g/mol. The summed E-state index contributed by atoms with van der Waals surface area (Å²) in [5.41, 5.74) is 5.39. The van der Waals surface area contributed by atoms with Gasteiger partial charge in [0, 0.05) is 0 Å². The highest BCUT2D eigenvalue weighted by atomic mass is 16.5. The lowest BCUT2D eigenvalue weighted by atomic mass is 10.2. The van der Waals surface area contributed by atoms with E-state index in [2.05, 4.69) is 6.92 Å². The third-order valence-corrected chi connectivity index (χ3v) is 2.31. The average molecular weight is 231 g/mol. The molecule has 0 bridgehead atoms. The SMILES string of the molecule is CCCC(C)OC(=O)CCOC(C)CCN. The van der Waals surface area contributed by atoms with Gasteiger partial charge in [-0.3, -0.25) is 4.79 Å². The van der Waals surface area contributed by atoms with Crippen molar-refractivity contribution in [1.82, 2.24) is 0 Å². The van der Waals surface area contributed by atoms with Gasteiger partial charge in [0.05, 0.1) is 25.2 Å². The molecule has 0 aliphatic heterocycles. The summed E-state index contributed by atoms with van der Waals surface area (Å²) >= 11 is 0. The highest BCUT2D eigenvalue weighted by Crippen LogP contribution is 2.03. The molecule has 2 unspecified atom stereocenters. The van der Waals surface area contributed by atoms with E-state index in [0.29, 0.717) is 19.6 Å². The molecule has 0 aliphatic rings. The molecule has 4 heteroatoms. The van der Waals surface area contributed by atoms with Crippen LogP contribution in [-0.2, 0) is 14.3 Å². The number of carbonyl (C=O) groups excluding carboxylic acids is 1. The van der Waals surface area contributed by atoms with Gasteiger partial charge >= 0.3 is 5.97 Å². The predicted octanol–water partition coefficient (Wildman–Crippen LogP) is 1.86. The van der Waals surface area contributed by atoms with Gasteiger partial charge in [-0.2, -0.15) is 0 Å². The lowest BCUT2D eigenvalue weighted by Gasteiger charge is -2.14. The molecule has 0 aromatic rings. The molecule has 0 aromatic heterocycles. The molecule has 2 N–H and O–H groups in total. The molecule has 0 spiro atoms. The standard InChI is InChI=1S/C12H25NO3/c1-4-5-11(3)16-12(14)7-9-15-10(2)6-8-13/h10-11H,4-9,13H2,1-3H3. The van der Waals surface area contributed by atoms with Crippen LogP contribution in [0.5, 0.6) is 0 Å². The molecular formula is C12H25NO3. The zero-order chi connectivity index (χ0) is 12.4. The van der Waals surface area contributed by atoms with Gasteiger partial charge in [-0.15, -0.1) is 0 Å². The second-order valence-electron chi connectivity index (χ2n) is 4.10. The lowest BCUT2D eigenvalue weighted by molar-refractivity contribution is -0.150. The van der Waals surface area contributed by atoms with Gasteiger partial charge in [-0.05, 0) is 33.2 Å². The third kappa shape index (κ3) is 8.68. The fraction of sp³-hybridized carbons (Fsp3) is 0.917. The second kappa shape index (κ2) is 9.60. The molecule has 4 nitrogen and oxygen atoms in total. The third-order valence-electron chi connectivity index (χ3n) is 2.31. The molecule has 0 aliphatic carbocycles. The van der Waals surface area contributed by atoms with Gasteiger partial charge in [0.1, 0.15) is 0 Å². The number of esters is 1. The minimum atomic E-state index is -0.180. The molecule has 16 heavy (non-hydrogen) atoms. The van der Waals surface area contributed by atoms with Crippen molar-refractivity contribution in [3.63, 3.8) is 0 Å². The Morgan fingerprint density at radius 2 is 1.94 bits per heavy atom. The van der Waals surface area contributed by atoms with Gasteiger partial charge in [0.2, 0.25) is 0 Å². The zero-order valence-corrected chi connectivity index (χ0v) is 10.7. The van der Waals surface area contributed by atoms with Crippen molar-refractivity contribution in [3.8, 4) is 0 Å². The first-order valence-corrected chi connectivity index (χ1v) is 6.11. The van der Waals surface area contributed by atoms with Crippen LogP contribution in [0, 0.1) is 0 Å². The molecule has 0 heterocycles. The van der Waals surface area contributed by atoms with Crippen LogP contribution in [0.2, 0.25) is 0 Å². The van der Waals surface area contributed by atoms with Crippen LogP contribution < -0.4 is 5.73 Å². The van der Waals surface area contributed by atoms with Crippen LogP contribution in [0.25, 0.3) is 0 Å². The van der Waals surface area contributed by atoms with Crippen LogP contribution in [0.1, 0.15) is 46.5 Å². The Bertz CT molecular complexity index is 185. The maximum Gasteiger partial charge on any atom is 0.308 e. The molecule has 96 valence electrons. The van der Waals surface area contributed by atoms with E-state index in [-0.39, 0.29) is 18.2 Å². The van der Waals surface area contributed by atoms with Crippen LogP contribution in [0.3, 0.4) is 0 Å². The van der Waals surface area contributed by atoms with Crippen molar-refractivity contribution < 1.29 is 14.3 Å². The normalized spacial score (nSPS) is 14.5. The summed E-state index contributed by atoms with van der Waals surface area (Å²) in [7, 11) is 0. The Kier molecular flexibility index (Phi) is 9.24. The molecule has 0 radical (unpaired) electrons. The Morgan fingerprint density at radius 1 is 1.25 bits per heavy atom. The van der Waals surface area contributed by atoms with Crippen molar-refractivity contribution in [3.05, 3.63) is 0 Å². The fourth-order valence-corrected chi connectivity index (χ4v) is 1.41. The number of nitrogens with two attached hydrogens (primary N) is 1. The summed E-state index contributed by atoms with van der Waals surface area (Å²) in [6, 6.07) is 0. The Labute approximate surface area is 98.5 Å².